The number of hydrogen-bond acceptors (Lipinski definition) is 5. The highest BCUT2D eigenvalue weighted by molar-refractivity contribution is 6.30. The lowest BCUT2D eigenvalue weighted by Crippen LogP contribution is -2.46. The first-order valence-electron chi connectivity index (χ1n) is 6.58. The summed E-state index contributed by atoms with van der Waals surface area (Å²) < 4.78 is 5.33. The van der Waals surface area contributed by atoms with Crippen molar-refractivity contribution in [3.63, 3.8) is 0 Å². The van der Waals surface area contributed by atoms with Crippen molar-refractivity contribution in [1.82, 2.24) is 20.4 Å². The Morgan fingerprint density at radius 1 is 1.43 bits per heavy atom. The minimum atomic E-state index is -0.733. The highest BCUT2D eigenvalue weighted by Gasteiger charge is 2.37. The molecular weight excluding hydrogens is 292 g/mol. The molecule has 2 rings (SSSR count). The van der Waals surface area contributed by atoms with E-state index in [0.717, 1.165) is 0 Å². The number of aromatic nitrogens is 3. The molecule has 2 aromatic rings. The Bertz CT molecular complexity index is 639. The summed E-state index contributed by atoms with van der Waals surface area (Å²) in [5.41, 5.74) is -0.174. The van der Waals surface area contributed by atoms with Gasteiger partial charge in [-0.3, -0.25) is 9.78 Å². The van der Waals surface area contributed by atoms with E-state index in [2.05, 4.69) is 20.4 Å². The average molecular weight is 309 g/mol. The summed E-state index contributed by atoms with van der Waals surface area (Å²) in [6.07, 6.45) is 1.52. The second-order valence-corrected chi connectivity index (χ2v) is 5.76. The molecule has 1 unspecified atom stereocenters. The lowest BCUT2D eigenvalue weighted by atomic mass is 9.88. The maximum atomic E-state index is 11.4. The van der Waals surface area contributed by atoms with Gasteiger partial charge in [-0.15, -0.1) is 0 Å². The number of nitrogens with one attached hydrogen (secondary N) is 1. The van der Waals surface area contributed by atoms with E-state index < -0.39 is 5.54 Å². The lowest BCUT2D eigenvalue weighted by Gasteiger charge is -2.30. The van der Waals surface area contributed by atoms with Gasteiger partial charge < -0.3 is 9.84 Å². The second-order valence-electron chi connectivity index (χ2n) is 5.32. The fraction of sp³-hybridized carbons (Fsp3) is 0.429. The third-order valence-electron chi connectivity index (χ3n) is 3.42. The first kappa shape index (κ1) is 15.4. The van der Waals surface area contributed by atoms with Crippen LogP contribution in [0.4, 0.5) is 0 Å². The van der Waals surface area contributed by atoms with Gasteiger partial charge in [-0.1, -0.05) is 30.6 Å². The molecule has 0 aliphatic heterocycles. The summed E-state index contributed by atoms with van der Waals surface area (Å²) in [4.78, 5) is 19.9. The van der Waals surface area contributed by atoms with Crippen molar-refractivity contribution in [3.8, 4) is 11.5 Å². The molecule has 7 heteroatoms. The zero-order valence-electron chi connectivity index (χ0n) is 12.3. The number of pyridine rings is 1. The van der Waals surface area contributed by atoms with Gasteiger partial charge in [0, 0.05) is 13.1 Å². The van der Waals surface area contributed by atoms with E-state index in [1.807, 2.05) is 20.8 Å². The fourth-order valence-electron chi connectivity index (χ4n) is 1.86. The number of carbonyl (C=O) groups is 1. The summed E-state index contributed by atoms with van der Waals surface area (Å²) >= 11 is 5.80. The van der Waals surface area contributed by atoms with Crippen LogP contribution in [0.25, 0.3) is 11.5 Å². The second kappa shape index (κ2) is 5.81. The molecule has 1 N–H and O–H groups in total. The predicted octanol–water partition coefficient (Wildman–Crippen LogP) is 2.79. The molecule has 0 spiro atoms. The van der Waals surface area contributed by atoms with Crippen LogP contribution in [0.5, 0.6) is 0 Å². The van der Waals surface area contributed by atoms with E-state index in [9.17, 15) is 4.79 Å². The summed E-state index contributed by atoms with van der Waals surface area (Å²) in [5, 5.41) is 7.33. The quantitative estimate of drug-likeness (QED) is 0.939. The number of rotatable bonds is 4. The molecule has 0 radical (unpaired) electrons. The minimum Gasteiger partial charge on any atom is -0.342 e. The van der Waals surface area contributed by atoms with E-state index in [1.165, 1.54) is 13.1 Å². The molecule has 21 heavy (non-hydrogen) atoms. The Hall–Kier alpha value is -1.95. The van der Waals surface area contributed by atoms with Crippen molar-refractivity contribution in [2.75, 3.05) is 0 Å². The lowest BCUT2D eigenvalue weighted by molar-refractivity contribution is -0.121. The molecule has 1 atom stereocenters. The number of carbonyl (C=O) groups excluding carboxylic acids is 1. The van der Waals surface area contributed by atoms with Crippen LogP contribution in [0.3, 0.4) is 0 Å². The fourth-order valence-corrected chi connectivity index (χ4v) is 1.97. The Morgan fingerprint density at radius 3 is 2.67 bits per heavy atom. The number of hydrogen-bond donors (Lipinski definition) is 1. The minimum absolute atomic E-state index is 0.0767. The van der Waals surface area contributed by atoms with Crippen molar-refractivity contribution in [3.05, 3.63) is 29.2 Å². The van der Waals surface area contributed by atoms with Gasteiger partial charge in [0.25, 0.3) is 5.89 Å². The van der Waals surface area contributed by atoms with Crippen LogP contribution in [0, 0.1) is 5.92 Å². The SMILES string of the molecule is CC(=O)NC(C)(c1nc(-c2ccc(Cl)cn2)no1)C(C)C. The molecule has 0 saturated heterocycles. The van der Waals surface area contributed by atoms with Gasteiger partial charge in [-0.2, -0.15) is 4.98 Å². The van der Waals surface area contributed by atoms with Gasteiger partial charge in [-0.05, 0) is 25.0 Å². The molecule has 0 fully saturated rings. The first-order valence-corrected chi connectivity index (χ1v) is 6.95. The van der Waals surface area contributed by atoms with E-state index in [1.54, 1.807) is 12.1 Å². The van der Waals surface area contributed by atoms with E-state index in [0.29, 0.717) is 22.4 Å². The third-order valence-corrected chi connectivity index (χ3v) is 3.64. The van der Waals surface area contributed by atoms with Crippen molar-refractivity contribution in [2.45, 2.75) is 33.2 Å². The Balaban J connectivity index is 2.37. The van der Waals surface area contributed by atoms with Gasteiger partial charge in [0.05, 0.1) is 5.02 Å². The molecule has 6 nitrogen and oxygen atoms in total. The zero-order valence-corrected chi connectivity index (χ0v) is 13.1. The van der Waals surface area contributed by atoms with Crippen LogP contribution in [0.15, 0.2) is 22.9 Å². The van der Waals surface area contributed by atoms with Crippen LogP contribution >= 0.6 is 11.6 Å². The molecule has 0 bridgehead atoms. The van der Waals surface area contributed by atoms with Gasteiger partial charge in [0.15, 0.2) is 0 Å². The normalized spacial score (nSPS) is 14.0. The zero-order chi connectivity index (χ0) is 15.6. The van der Waals surface area contributed by atoms with Crippen molar-refractivity contribution < 1.29 is 9.32 Å². The Labute approximate surface area is 127 Å². The highest BCUT2D eigenvalue weighted by atomic mass is 35.5. The number of amides is 1. The number of halogens is 1. The van der Waals surface area contributed by atoms with Crippen LogP contribution in [0.1, 0.15) is 33.6 Å². The van der Waals surface area contributed by atoms with Gasteiger partial charge in [0.1, 0.15) is 11.2 Å². The average Bonchev–Trinajstić information content (AvgIpc) is 2.88. The monoisotopic (exact) mass is 308 g/mol. The standard InChI is InChI=1S/C14H17ClN4O2/c1-8(2)14(4,18-9(3)20)13-17-12(19-21-13)11-6-5-10(15)7-16-11/h5-8H,1-4H3,(H,18,20). The predicted molar refractivity (Wildman–Crippen MR) is 78.5 cm³/mol. The van der Waals surface area contributed by atoms with Gasteiger partial charge >= 0.3 is 0 Å². The topological polar surface area (TPSA) is 80.9 Å². The highest BCUT2D eigenvalue weighted by Crippen LogP contribution is 2.29. The van der Waals surface area contributed by atoms with Crippen molar-refractivity contribution in [1.29, 1.82) is 0 Å². The van der Waals surface area contributed by atoms with E-state index in [-0.39, 0.29) is 11.8 Å². The molecule has 1 amide bonds. The van der Waals surface area contributed by atoms with Crippen LogP contribution < -0.4 is 5.32 Å². The van der Waals surface area contributed by atoms with E-state index >= 15 is 0 Å². The van der Waals surface area contributed by atoms with Crippen molar-refractivity contribution >= 4 is 17.5 Å². The maximum absolute atomic E-state index is 11.4. The summed E-state index contributed by atoms with van der Waals surface area (Å²) in [7, 11) is 0. The molecule has 0 aliphatic carbocycles. The molecule has 0 aliphatic rings. The first-order chi connectivity index (χ1) is 9.83. The molecule has 112 valence electrons. The number of nitrogens with zero attached hydrogens (tertiary/aromatic N) is 3. The molecule has 0 aromatic carbocycles. The Kier molecular flexibility index (Phi) is 4.27. The third kappa shape index (κ3) is 3.21. The molecule has 2 heterocycles. The van der Waals surface area contributed by atoms with Crippen LogP contribution in [-0.2, 0) is 10.3 Å². The summed E-state index contributed by atoms with van der Waals surface area (Å²) in [5.74, 6) is 0.627. The summed E-state index contributed by atoms with van der Waals surface area (Å²) in [6, 6.07) is 3.41. The Morgan fingerprint density at radius 2 is 2.14 bits per heavy atom. The molecule has 0 saturated carbocycles. The van der Waals surface area contributed by atoms with Crippen LogP contribution in [-0.4, -0.2) is 21.0 Å². The maximum Gasteiger partial charge on any atom is 0.252 e. The molecular formula is C14H17ClN4O2. The molecule has 2 aromatic heterocycles. The largest absolute Gasteiger partial charge is 0.342 e. The summed E-state index contributed by atoms with van der Waals surface area (Å²) in [6.45, 7) is 7.25. The van der Waals surface area contributed by atoms with Crippen LogP contribution in [0.2, 0.25) is 5.02 Å². The van der Waals surface area contributed by atoms with Gasteiger partial charge in [0.2, 0.25) is 11.7 Å². The van der Waals surface area contributed by atoms with Gasteiger partial charge in [-0.25, -0.2) is 0 Å². The van der Waals surface area contributed by atoms with E-state index in [4.69, 9.17) is 16.1 Å². The van der Waals surface area contributed by atoms with Crippen molar-refractivity contribution in [2.24, 2.45) is 5.92 Å². The smallest absolute Gasteiger partial charge is 0.252 e.